The van der Waals surface area contributed by atoms with E-state index in [-0.39, 0.29) is 18.7 Å². The van der Waals surface area contributed by atoms with Crippen LogP contribution in [0.2, 0.25) is 0 Å². The van der Waals surface area contributed by atoms with Crippen LogP contribution in [0.5, 0.6) is 0 Å². The molecule has 14 heavy (non-hydrogen) atoms. The van der Waals surface area contributed by atoms with Crippen molar-refractivity contribution < 1.29 is 24.9 Å². The van der Waals surface area contributed by atoms with Gasteiger partial charge in [-0.1, -0.05) is 0 Å². The Morgan fingerprint density at radius 1 is 1.14 bits per heavy atom. The summed E-state index contributed by atoms with van der Waals surface area (Å²) in [5, 5.41) is 27.0. The smallest absolute Gasteiger partial charge is 0.231 e. The van der Waals surface area contributed by atoms with Gasteiger partial charge in [0.15, 0.2) is 5.78 Å². The first-order chi connectivity index (χ1) is 6.59. The number of hydrogen-bond acceptors (Lipinski definition) is 5. The van der Waals surface area contributed by atoms with Gasteiger partial charge in [0.2, 0.25) is 5.91 Å². The minimum atomic E-state index is -1.41. The fourth-order valence-corrected chi connectivity index (χ4v) is 1.42. The van der Waals surface area contributed by atoms with E-state index in [1.165, 1.54) is 0 Å². The highest BCUT2D eigenvalue weighted by Gasteiger charge is 2.43. The predicted molar refractivity (Wildman–Crippen MR) is 45.3 cm³/mol. The van der Waals surface area contributed by atoms with Crippen molar-refractivity contribution in [1.82, 2.24) is 4.90 Å². The van der Waals surface area contributed by atoms with Crippen LogP contribution in [0.1, 0.15) is 6.42 Å². The molecule has 0 aromatic heterocycles. The molecule has 3 N–H and O–H groups in total. The minimum Gasteiger partial charge on any atom is -0.394 e. The predicted octanol–water partition coefficient (Wildman–Crippen LogP) is -2.50. The number of ketones is 1. The average molecular weight is 203 g/mol. The number of aliphatic hydroxyl groups excluding tert-OH is 3. The Kier molecular flexibility index (Phi) is 3.20. The zero-order valence-electron chi connectivity index (χ0n) is 7.64. The largest absolute Gasteiger partial charge is 0.394 e. The van der Waals surface area contributed by atoms with Gasteiger partial charge in [-0.25, -0.2) is 0 Å². The van der Waals surface area contributed by atoms with Gasteiger partial charge < -0.3 is 20.2 Å². The van der Waals surface area contributed by atoms with Crippen LogP contribution in [0.15, 0.2) is 0 Å². The Balaban J connectivity index is 2.88. The minimum absolute atomic E-state index is 0.152. The Hall–Kier alpha value is -0.980. The molecule has 1 aliphatic rings. The number of carbonyl (C=O) groups excluding carboxylic acids is 2. The Morgan fingerprint density at radius 2 is 1.64 bits per heavy atom. The van der Waals surface area contributed by atoms with Crippen LogP contribution in [0.25, 0.3) is 0 Å². The summed E-state index contributed by atoms with van der Waals surface area (Å²) >= 11 is 0. The van der Waals surface area contributed by atoms with Crippen molar-refractivity contribution in [3.05, 3.63) is 0 Å². The number of aliphatic hydroxyl groups is 3. The fraction of sp³-hybridized carbons (Fsp3) is 0.750. The van der Waals surface area contributed by atoms with Gasteiger partial charge in [0.25, 0.3) is 0 Å². The molecule has 0 bridgehead atoms. The highest BCUT2D eigenvalue weighted by molar-refractivity contribution is 6.05. The number of likely N-dealkylation sites (tertiary alicyclic amines) is 1. The third-order valence-electron chi connectivity index (χ3n) is 2.44. The lowest BCUT2D eigenvalue weighted by molar-refractivity contribution is -0.140. The topological polar surface area (TPSA) is 98.1 Å². The first-order valence-corrected chi connectivity index (χ1v) is 4.24. The number of carbonyl (C=O) groups is 2. The van der Waals surface area contributed by atoms with Gasteiger partial charge >= 0.3 is 0 Å². The quantitative estimate of drug-likeness (QED) is 0.439. The molecular formula is C8H13NO5. The fourth-order valence-electron chi connectivity index (χ4n) is 1.42. The van der Waals surface area contributed by atoms with Crippen LogP contribution in [0.3, 0.4) is 0 Å². The number of Topliss-reactive ketones (excluding diaryl/α,β-unsaturated/α-hetero) is 1. The highest BCUT2D eigenvalue weighted by atomic mass is 16.3. The van der Waals surface area contributed by atoms with Crippen LogP contribution < -0.4 is 0 Å². The van der Waals surface area contributed by atoms with Crippen molar-refractivity contribution in [1.29, 1.82) is 0 Å². The molecule has 0 unspecified atom stereocenters. The lowest BCUT2D eigenvalue weighted by Gasteiger charge is -2.36. The van der Waals surface area contributed by atoms with Crippen molar-refractivity contribution in [3.63, 3.8) is 0 Å². The van der Waals surface area contributed by atoms with E-state index in [1.807, 2.05) is 0 Å². The summed E-state index contributed by atoms with van der Waals surface area (Å²) in [6.45, 7) is -1.86. The molecule has 80 valence electrons. The van der Waals surface area contributed by atoms with Gasteiger partial charge in [-0.05, 0) is 0 Å². The van der Waals surface area contributed by atoms with Crippen molar-refractivity contribution in [3.8, 4) is 0 Å². The molecule has 0 spiro atoms. The molecule has 0 radical (unpaired) electrons. The summed E-state index contributed by atoms with van der Waals surface area (Å²) < 4.78 is 0. The van der Waals surface area contributed by atoms with Crippen LogP contribution in [0, 0.1) is 0 Å². The SMILES string of the molecule is O=C1CC(=O)N(C(CO)(CO)CO)C1. The first kappa shape index (κ1) is 11.1. The van der Waals surface area contributed by atoms with E-state index in [1.54, 1.807) is 0 Å². The summed E-state index contributed by atoms with van der Waals surface area (Å²) in [6.07, 6.45) is -0.220. The van der Waals surface area contributed by atoms with Gasteiger partial charge in [0, 0.05) is 0 Å². The summed E-state index contributed by atoms with van der Waals surface area (Å²) in [5.74, 6) is -0.734. The molecule has 0 saturated carbocycles. The van der Waals surface area contributed by atoms with Crippen molar-refractivity contribution in [2.24, 2.45) is 0 Å². The van der Waals surface area contributed by atoms with E-state index >= 15 is 0 Å². The summed E-state index contributed by atoms with van der Waals surface area (Å²) in [6, 6.07) is 0. The van der Waals surface area contributed by atoms with E-state index in [2.05, 4.69) is 0 Å². The number of nitrogens with zero attached hydrogens (tertiary/aromatic N) is 1. The highest BCUT2D eigenvalue weighted by Crippen LogP contribution is 2.20. The van der Waals surface area contributed by atoms with Crippen molar-refractivity contribution >= 4 is 11.7 Å². The normalized spacial score (nSPS) is 18.1. The van der Waals surface area contributed by atoms with Gasteiger partial charge in [-0.3, -0.25) is 9.59 Å². The maximum absolute atomic E-state index is 11.3. The van der Waals surface area contributed by atoms with Crippen molar-refractivity contribution in [2.75, 3.05) is 26.4 Å². The molecule has 0 atom stereocenters. The van der Waals surface area contributed by atoms with Gasteiger partial charge in [0.05, 0.1) is 32.8 Å². The first-order valence-electron chi connectivity index (χ1n) is 4.24. The van der Waals surface area contributed by atoms with Gasteiger partial charge in [-0.15, -0.1) is 0 Å². The molecule has 0 aliphatic carbocycles. The molecule has 1 saturated heterocycles. The number of rotatable bonds is 4. The number of amides is 1. The van der Waals surface area contributed by atoms with Gasteiger partial charge in [-0.2, -0.15) is 0 Å². The molecule has 0 aromatic rings. The molecule has 1 rings (SSSR count). The van der Waals surface area contributed by atoms with Crippen LogP contribution in [-0.2, 0) is 9.59 Å². The molecule has 6 heteroatoms. The zero-order chi connectivity index (χ0) is 10.8. The standard InChI is InChI=1S/C8H13NO5/c10-3-8(4-11,5-12)9-2-6(13)1-7(9)14/h10-12H,1-5H2. The van der Waals surface area contributed by atoms with Crippen LogP contribution >= 0.6 is 0 Å². The third-order valence-corrected chi connectivity index (χ3v) is 2.44. The van der Waals surface area contributed by atoms with E-state index in [4.69, 9.17) is 15.3 Å². The summed E-state index contributed by atoms with van der Waals surface area (Å²) in [4.78, 5) is 23.3. The molecule has 1 amide bonds. The van der Waals surface area contributed by atoms with E-state index in [0.717, 1.165) is 4.90 Å². The van der Waals surface area contributed by atoms with Crippen LogP contribution in [-0.4, -0.2) is 63.8 Å². The molecule has 6 nitrogen and oxygen atoms in total. The van der Waals surface area contributed by atoms with E-state index in [9.17, 15) is 9.59 Å². The molecular weight excluding hydrogens is 190 g/mol. The molecule has 1 heterocycles. The maximum Gasteiger partial charge on any atom is 0.231 e. The summed E-state index contributed by atoms with van der Waals surface area (Å²) in [7, 11) is 0. The van der Waals surface area contributed by atoms with Crippen molar-refractivity contribution in [2.45, 2.75) is 12.0 Å². The zero-order valence-corrected chi connectivity index (χ0v) is 7.64. The van der Waals surface area contributed by atoms with E-state index < -0.39 is 31.3 Å². The van der Waals surface area contributed by atoms with Gasteiger partial charge in [0.1, 0.15) is 5.54 Å². The average Bonchev–Trinajstić information content (AvgIpc) is 2.51. The maximum atomic E-state index is 11.3. The molecule has 1 fully saturated rings. The molecule has 0 aromatic carbocycles. The van der Waals surface area contributed by atoms with E-state index in [0.29, 0.717) is 0 Å². The lowest BCUT2D eigenvalue weighted by Crippen LogP contribution is -2.57. The summed E-state index contributed by atoms with van der Waals surface area (Å²) in [5.41, 5.74) is -1.41. The second-order valence-corrected chi connectivity index (χ2v) is 3.39. The lowest BCUT2D eigenvalue weighted by atomic mass is 10.0. The monoisotopic (exact) mass is 203 g/mol. The molecule has 1 aliphatic heterocycles. The third kappa shape index (κ3) is 1.63. The number of hydrogen-bond donors (Lipinski definition) is 3. The Labute approximate surface area is 80.8 Å². The second kappa shape index (κ2) is 4.04. The Bertz CT molecular complexity index is 240. The van der Waals surface area contributed by atoms with Crippen LogP contribution in [0.4, 0.5) is 0 Å². The second-order valence-electron chi connectivity index (χ2n) is 3.39. The Morgan fingerprint density at radius 3 is 1.93 bits per heavy atom.